The van der Waals surface area contributed by atoms with Gasteiger partial charge in [-0.2, -0.15) is 0 Å². The number of carbonyl (C=O) groups is 1. The van der Waals surface area contributed by atoms with E-state index in [-0.39, 0.29) is 17.4 Å². The van der Waals surface area contributed by atoms with Crippen LogP contribution in [0.15, 0.2) is 24.3 Å². The van der Waals surface area contributed by atoms with Gasteiger partial charge in [-0.1, -0.05) is 30.2 Å². The average molecular weight is 267 g/mol. The number of rotatable bonds is 4. The molecular formula is C14H19ClN2O. The van der Waals surface area contributed by atoms with Crippen molar-refractivity contribution in [1.29, 1.82) is 0 Å². The zero-order valence-electron chi connectivity index (χ0n) is 10.6. The van der Waals surface area contributed by atoms with Gasteiger partial charge in [0, 0.05) is 11.6 Å². The fourth-order valence-corrected chi connectivity index (χ4v) is 2.44. The molecule has 0 saturated heterocycles. The summed E-state index contributed by atoms with van der Waals surface area (Å²) in [6.07, 6.45) is 2.91. The van der Waals surface area contributed by atoms with Crippen LogP contribution in [-0.2, 0) is 4.79 Å². The van der Waals surface area contributed by atoms with Gasteiger partial charge in [-0.05, 0) is 37.5 Å². The molecule has 1 amide bonds. The molecule has 0 bridgehead atoms. The minimum absolute atomic E-state index is 0.0150. The van der Waals surface area contributed by atoms with Gasteiger partial charge in [-0.25, -0.2) is 0 Å². The van der Waals surface area contributed by atoms with Gasteiger partial charge in [0.25, 0.3) is 0 Å². The Morgan fingerprint density at radius 2 is 2.06 bits per heavy atom. The van der Waals surface area contributed by atoms with Gasteiger partial charge in [0.2, 0.25) is 5.91 Å². The molecule has 18 heavy (non-hydrogen) atoms. The lowest BCUT2D eigenvalue weighted by Crippen LogP contribution is -2.50. The van der Waals surface area contributed by atoms with E-state index in [1.807, 2.05) is 31.2 Å². The van der Waals surface area contributed by atoms with E-state index in [0.29, 0.717) is 11.6 Å². The third-order valence-corrected chi connectivity index (χ3v) is 4.15. The van der Waals surface area contributed by atoms with E-state index in [1.165, 1.54) is 0 Å². The van der Waals surface area contributed by atoms with Crippen molar-refractivity contribution in [1.82, 2.24) is 5.32 Å². The van der Waals surface area contributed by atoms with Crippen molar-refractivity contribution in [3.05, 3.63) is 34.9 Å². The standard InChI is InChI=1S/C14H19ClN2O/c1-10(11-3-5-12(15)6-4-11)17-13(18)14(9-16)7-2-8-14/h3-6,10H,2,7-9,16H2,1H3,(H,17,18). The Morgan fingerprint density at radius 3 is 2.50 bits per heavy atom. The van der Waals surface area contributed by atoms with E-state index in [4.69, 9.17) is 17.3 Å². The van der Waals surface area contributed by atoms with Gasteiger partial charge in [0.15, 0.2) is 0 Å². The second-order valence-electron chi connectivity index (χ2n) is 5.08. The maximum absolute atomic E-state index is 12.2. The number of benzene rings is 1. The molecule has 3 N–H and O–H groups in total. The highest BCUT2D eigenvalue weighted by Gasteiger charge is 2.43. The number of nitrogens with one attached hydrogen (secondary N) is 1. The van der Waals surface area contributed by atoms with Crippen LogP contribution in [0.3, 0.4) is 0 Å². The minimum atomic E-state index is -0.319. The lowest BCUT2D eigenvalue weighted by Gasteiger charge is -2.39. The van der Waals surface area contributed by atoms with Gasteiger partial charge in [0.05, 0.1) is 11.5 Å². The number of carbonyl (C=O) groups excluding carboxylic acids is 1. The molecule has 1 aliphatic rings. The summed E-state index contributed by atoms with van der Waals surface area (Å²) >= 11 is 5.84. The molecule has 3 nitrogen and oxygen atoms in total. The van der Waals surface area contributed by atoms with Crippen LogP contribution in [0, 0.1) is 5.41 Å². The first kappa shape index (κ1) is 13.4. The fraction of sp³-hybridized carbons (Fsp3) is 0.500. The topological polar surface area (TPSA) is 55.1 Å². The Hall–Kier alpha value is -1.06. The Labute approximate surface area is 113 Å². The highest BCUT2D eigenvalue weighted by Crippen LogP contribution is 2.40. The largest absolute Gasteiger partial charge is 0.349 e. The Kier molecular flexibility index (Phi) is 3.93. The fourth-order valence-electron chi connectivity index (χ4n) is 2.31. The quantitative estimate of drug-likeness (QED) is 0.880. The average Bonchev–Trinajstić information content (AvgIpc) is 2.29. The van der Waals surface area contributed by atoms with Crippen LogP contribution in [-0.4, -0.2) is 12.5 Å². The number of hydrogen-bond acceptors (Lipinski definition) is 2. The minimum Gasteiger partial charge on any atom is -0.349 e. The molecule has 98 valence electrons. The summed E-state index contributed by atoms with van der Waals surface area (Å²) in [5, 5.41) is 3.75. The molecule has 2 rings (SSSR count). The lowest BCUT2D eigenvalue weighted by atomic mass is 9.68. The molecule has 0 spiro atoms. The molecule has 0 radical (unpaired) electrons. The highest BCUT2D eigenvalue weighted by atomic mass is 35.5. The number of nitrogens with two attached hydrogens (primary N) is 1. The van der Waals surface area contributed by atoms with Crippen LogP contribution in [0.2, 0.25) is 5.02 Å². The summed E-state index contributed by atoms with van der Waals surface area (Å²) in [6.45, 7) is 2.41. The predicted octanol–water partition coefficient (Wildman–Crippen LogP) is 2.65. The highest BCUT2D eigenvalue weighted by molar-refractivity contribution is 6.30. The molecule has 1 unspecified atom stereocenters. The Balaban J connectivity index is 2.01. The van der Waals surface area contributed by atoms with Gasteiger partial charge in [0.1, 0.15) is 0 Å². The third-order valence-electron chi connectivity index (χ3n) is 3.90. The summed E-state index contributed by atoms with van der Waals surface area (Å²) in [5.41, 5.74) is 6.46. The summed E-state index contributed by atoms with van der Waals surface area (Å²) in [7, 11) is 0. The summed E-state index contributed by atoms with van der Waals surface area (Å²) < 4.78 is 0. The van der Waals surface area contributed by atoms with E-state index in [0.717, 1.165) is 24.8 Å². The van der Waals surface area contributed by atoms with Crippen molar-refractivity contribution in [2.45, 2.75) is 32.2 Å². The number of amides is 1. The second kappa shape index (κ2) is 5.29. The van der Waals surface area contributed by atoms with Crippen LogP contribution in [0.25, 0.3) is 0 Å². The van der Waals surface area contributed by atoms with Crippen molar-refractivity contribution in [3.8, 4) is 0 Å². The van der Waals surface area contributed by atoms with Crippen LogP contribution in [0.4, 0.5) is 0 Å². The van der Waals surface area contributed by atoms with Crippen molar-refractivity contribution >= 4 is 17.5 Å². The zero-order chi connectivity index (χ0) is 13.2. The van der Waals surface area contributed by atoms with E-state index >= 15 is 0 Å². The van der Waals surface area contributed by atoms with Crippen molar-refractivity contribution < 1.29 is 4.79 Å². The van der Waals surface area contributed by atoms with E-state index < -0.39 is 0 Å². The number of halogens is 1. The summed E-state index contributed by atoms with van der Waals surface area (Å²) in [5.74, 6) is 0.0821. The SMILES string of the molecule is CC(NC(=O)C1(CN)CCC1)c1ccc(Cl)cc1. The normalized spacial score (nSPS) is 18.8. The second-order valence-corrected chi connectivity index (χ2v) is 5.52. The van der Waals surface area contributed by atoms with Crippen molar-refractivity contribution in [2.75, 3.05) is 6.54 Å². The molecule has 1 aliphatic carbocycles. The monoisotopic (exact) mass is 266 g/mol. The molecule has 1 aromatic carbocycles. The van der Waals surface area contributed by atoms with Gasteiger partial charge in [-0.3, -0.25) is 4.79 Å². The lowest BCUT2D eigenvalue weighted by molar-refractivity contribution is -0.135. The summed E-state index contributed by atoms with van der Waals surface area (Å²) in [6, 6.07) is 7.52. The molecule has 1 saturated carbocycles. The maximum Gasteiger partial charge on any atom is 0.227 e. The first-order valence-corrected chi connectivity index (χ1v) is 6.72. The van der Waals surface area contributed by atoms with Crippen LogP contribution >= 0.6 is 11.6 Å². The van der Waals surface area contributed by atoms with Crippen LogP contribution < -0.4 is 11.1 Å². The maximum atomic E-state index is 12.2. The molecule has 0 aromatic heterocycles. The third kappa shape index (κ3) is 2.52. The first-order valence-electron chi connectivity index (χ1n) is 6.34. The molecule has 0 aliphatic heterocycles. The molecule has 0 heterocycles. The molecule has 1 atom stereocenters. The zero-order valence-corrected chi connectivity index (χ0v) is 11.3. The Morgan fingerprint density at radius 1 is 1.44 bits per heavy atom. The Bertz CT molecular complexity index is 420. The van der Waals surface area contributed by atoms with Gasteiger partial charge < -0.3 is 11.1 Å². The van der Waals surface area contributed by atoms with E-state index in [9.17, 15) is 4.79 Å². The molecule has 1 fully saturated rings. The van der Waals surface area contributed by atoms with Gasteiger partial charge >= 0.3 is 0 Å². The van der Waals surface area contributed by atoms with Crippen molar-refractivity contribution in [3.63, 3.8) is 0 Å². The molecule has 4 heteroatoms. The summed E-state index contributed by atoms with van der Waals surface area (Å²) in [4.78, 5) is 12.2. The smallest absolute Gasteiger partial charge is 0.227 e. The molecule has 1 aromatic rings. The van der Waals surface area contributed by atoms with Crippen LogP contribution in [0.5, 0.6) is 0 Å². The number of hydrogen-bond donors (Lipinski definition) is 2. The van der Waals surface area contributed by atoms with E-state index in [1.54, 1.807) is 0 Å². The van der Waals surface area contributed by atoms with Crippen molar-refractivity contribution in [2.24, 2.45) is 11.1 Å². The van der Waals surface area contributed by atoms with E-state index in [2.05, 4.69) is 5.32 Å². The molecular weight excluding hydrogens is 248 g/mol. The van der Waals surface area contributed by atoms with Crippen LogP contribution in [0.1, 0.15) is 37.8 Å². The first-order chi connectivity index (χ1) is 8.57. The predicted molar refractivity (Wildman–Crippen MR) is 73.3 cm³/mol. The van der Waals surface area contributed by atoms with Gasteiger partial charge in [-0.15, -0.1) is 0 Å².